The largest absolute Gasteiger partial charge is 0.497 e. The molecule has 8 heteroatoms. The summed E-state index contributed by atoms with van der Waals surface area (Å²) in [5.74, 6) is 1.60. The summed E-state index contributed by atoms with van der Waals surface area (Å²) in [4.78, 5) is 17.0. The van der Waals surface area contributed by atoms with Crippen molar-refractivity contribution >= 4 is 17.6 Å². The van der Waals surface area contributed by atoms with Crippen LogP contribution in [0.3, 0.4) is 0 Å². The van der Waals surface area contributed by atoms with E-state index in [-0.39, 0.29) is 6.01 Å². The molecule has 0 spiro atoms. The second-order valence-corrected chi connectivity index (χ2v) is 5.26. The fourth-order valence-electron chi connectivity index (χ4n) is 2.17. The summed E-state index contributed by atoms with van der Waals surface area (Å²) in [6.07, 6.45) is 3.49. The van der Waals surface area contributed by atoms with Gasteiger partial charge in [0.1, 0.15) is 5.75 Å². The van der Waals surface area contributed by atoms with Crippen molar-refractivity contribution in [3.8, 4) is 11.8 Å². The van der Waals surface area contributed by atoms with E-state index in [2.05, 4.69) is 30.6 Å². The number of hydrogen-bond donors (Lipinski definition) is 2. The number of ether oxygens (including phenoxy) is 2. The molecule has 0 aliphatic heterocycles. The van der Waals surface area contributed by atoms with Gasteiger partial charge < -0.3 is 20.1 Å². The molecule has 134 valence electrons. The highest BCUT2D eigenvalue weighted by molar-refractivity contribution is 5.55. The van der Waals surface area contributed by atoms with Gasteiger partial charge in [0.05, 0.1) is 13.7 Å². The molecule has 1 aromatic carbocycles. The smallest absolute Gasteiger partial charge is 0.323 e. The number of methoxy groups -OCH3 is 1. The Labute approximate surface area is 151 Å². The maximum Gasteiger partial charge on any atom is 0.323 e. The molecule has 3 rings (SSSR count). The van der Waals surface area contributed by atoms with E-state index in [1.54, 1.807) is 19.5 Å². The van der Waals surface area contributed by atoms with Gasteiger partial charge in [-0.2, -0.15) is 15.0 Å². The van der Waals surface area contributed by atoms with Gasteiger partial charge in [-0.15, -0.1) is 0 Å². The van der Waals surface area contributed by atoms with Crippen LogP contribution in [0, 0.1) is 0 Å². The first-order chi connectivity index (χ1) is 12.8. The van der Waals surface area contributed by atoms with Crippen LogP contribution in [0.25, 0.3) is 0 Å². The number of aromatic nitrogens is 4. The third-order valence-corrected chi connectivity index (χ3v) is 3.43. The maximum atomic E-state index is 5.44. The van der Waals surface area contributed by atoms with Crippen LogP contribution in [0.1, 0.15) is 12.5 Å². The molecular formula is C18H20N6O2. The Morgan fingerprint density at radius 2 is 1.65 bits per heavy atom. The lowest BCUT2D eigenvalue weighted by Crippen LogP contribution is -2.09. The molecule has 2 aromatic heterocycles. The van der Waals surface area contributed by atoms with Crippen molar-refractivity contribution in [2.75, 3.05) is 24.4 Å². The summed E-state index contributed by atoms with van der Waals surface area (Å²) < 4.78 is 10.6. The summed E-state index contributed by atoms with van der Waals surface area (Å²) in [5, 5.41) is 6.32. The number of benzene rings is 1. The van der Waals surface area contributed by atoms with Crippen LogP contribution in [0.15, 0.2) is 48.8 Å². The summed E-state index contributed by atoms with van der Waals surface area (Å²) in [5.41, 5.74) is 1.91. The zero-order valence-electron chi connectivity index (χ0n) is 14.6. The predicted octanol–water partition coefficient (Wildman–Crippen LogP) is 3.03. The first-order valence-electron chi connectivity index (χ1n) is 8.19. The third kappa shape index (κ3) is 4.79. The molecule has 0 fully saturated rings. The molecular weight excluding hydrogens is 332 g/mol. The van der Waals surface area contributed by atoms with E-state index in [0.717, 1.165) is 17.0 Å². The summed E-state index contributed by atoms with van der Waals surface area (Å²) in [6, 6.07) is 11.6. The first kappa shape index (κ1) is 17.4. The van der Waals surface area contributed by atoms with Crippen molar-refractivity contribution < 1.29 is 9.47 Å². The molecule has 2 heterocycles. The minimum absolute atomic E-state index is 0.260. The highest BCUT2D eigenvalue weighted by Gasteiger charge is 2.08. The van der Waals surface area contributed by atoms with E-state index in [1.807, 2.05) is 43.3 Å². The number of rotatable bonds is 8. The van der Waals surface area contributed by atoms with Crippen LogP contribution >= 0.6 is 0 Å². The quantitative estimate of drug-likeness (QED) is 0.639. The number of nitrogens with one attached hydrogen (secondary N) is 2. The molecule has 26 heavy (non-hydrogen) atoms. The van der Waals surface area contributed by atoms with E-state index < -0.39 is 0 Å². The molecule has 0 amide bonds. The van der Waals surface area contributed by atoms with E-state index >= 15 is 0 Å². The van der Waals surface area contributed by atoms with E-state index in [9.17, 15) is 0 Å². The molecule has 0 aliphatic rings. The lowest BCUT2D eigenvalue weighted by Gasteiger charge is -2.10. The molecule has 0 saturated heterocycles. The van der Waals surface area contributed by atoms with Crippen molar-refractivity contribution in [1.82, 2.24) is 19.9 Å². The van der Waals surface area contributed by atoms with E-state index in [1.165, 1.54) is 0 Å². The Bertz CT molecular complexity index is 827. The standard InChI is InChI=1S/C18H20N6O2/c1-3-26-18-23-16(20-12-13-8-10-19-11-9-13)22-17(24-18)21-14-4-6-15(25-2)7-5-14/h4-11H,3,12H2,1-2H3,(H2,20,21,22,23,24). The summed E-state index contributed by atoms with van der Waals surface area (Å²) in [7, 11) is 1.63. The Morgan fingerprint density at radius 1 is 0.923 bits per heavy atom. The average Bonchev–Trinajstić information content (AvgIpc) is 2.68. The second-order valence-electron chi connectivity index (χ2n) is 5.26. The summed E-state index contributed by atoms with van der Waals surface area (Å²) >= 11 is 0. The number of hydrogen-bond acceptors (Lipinski definition) is 8. The highest BCUT2D eigenvalue weighted by atomic mass is 16.5. The normalized spacial score (nSPS) is 10.2. The molecule has 0 aliphatic carbocycles. The van der Waals surface area contributed by atoms with Crippen molar-refractivity contribution in [2.24, 2.45) is 0 Å². The molecule has 0 radical (unpaired) electrons. The minimum Gasteiger partial charge on any atom is -0.497 e. The fourth-order valence-corrected chi connectivity index (χ4v) is 2.17. The van der Waals surface area contributed by atoms with Crippen LogP contribution in [0.5, 0.6) is 11.8 Å². The van der Waals surface area contributed by atoms with Gasteiger partial charge in [0, 0.05) is 24.6 Å². The van der Waals surface area contributed by atoms with Gasteiger partial charge in [-0.3, -0.25) is 4.98 Å². The first-order valence-corrected chi connectivity index (χ1v) is 8.19. The second kappa shape index (κ2) is 8.61. The Morgan fingerprint density at radius 3 is 2.35 bits per heavy atom. The number of anilines is 3. The van der Waals surface area contributed by atoms with Gasteiger partial charge in [-0.25, -0.2) is 0 Å². The molecule has 2 N–H and O–H groups in total. The molecule has 0 unspecified atom stereocenters. The van der Waals surface area contributed by atoms with Crippen LogP contribution in [0.2, 0.25) is 0 Å². The maximum absolute atomic E-state index is 5.44. The van der Waals surface area contributed by atoms with E-state index in [4.69, 9.17) is 9.47 Å². The molecule has 3 aromatic rings. The van der Waals surface area contributed by atoms with Crippen LogP contribution in [-0.4, -0.2) is 33.7 Å². The fraction of sp³-hybridized carbons (Fsp3) is 0.222. The van der Waals surface area contributed by atoms with Crippen LogP contribution in [0.4, 0.5) is 17.6 Å². The van der Waals surface area contributed by atoms with Gasteiger partial charge in [0.2, 0.25) is 11.9 Å². The molecule has 0 bridgehead atoms. The van der Waals surface area contributed by atoms with Crippen molar-refractivity contribution in [3.05, 3.63) is 54.4 Å². The van der Waals surface area contributed by atoms with Crippen molar-refractivity contribution in [1.29, 1.82) is 0 Å². The Kier molecular flexibility index (Phi) is 5.76. The zero-order chi connectivity index (χ0) is 18.2. The van der Waals surface area contributed by atoms with Crippen molar-refractivity contribution in [3.63, 3.8) is 0 Å². The van der Waals surface area contributed by atoms with Gasteiger partial charge in [0.25, 0.3) is 0 Å². The van der Waals surface area contributed by atoms with E-state index in [0.29, 0.717) is 25.0 Å². The number of nitrogens with zero attached hydrogens (tertiary/aromatic N) is 4. The van der Waals surface area contributed by atoms with Crippen LogP contribution < -0.4 is 20.1 Å². The monoisotopic (exact) mass is 352 g/mol. The molecule has 0 atom stereocenters. The van der Waals surface area contributed by atoms with Gasteiger partial charge in [-0.1, -0.05) is 0 Å². The Hall–Kier alpha value is -3.42. The van der Waals surface area contributed by atoms with Crippen LogP contribution in [-0.2, 0) is 6.54 Å². The van der Waals surface area contributed by atoms with Gasteiger partial charge in [0.15, 0.2) is 0 Å². The molecule has 8 nitrogen and oxygen atoms in total. The topological polar surface area (TPSA) is 94.1 Å². The zero-order valence-corrected chi connectivity index (χ0v) is 14.6. The molecule has 0 saturated carbocycles. The Balaban J connectivity index is 1.76. The van der Waals surface area contributed by atoms with Gasteiger partial charge in [-0.05, 0) is 48.9 Å². The van der Waals surface area contributed by atoms with Crippen molar-refractivity contribution in [2.45, 2.75) is 13.5 Å². The SMILES string of the molecule is CCOc1nc(NCc2ccncc2)nc(Nc2ccc(OC)cc2)n1. The third-order valence-electron chi connectivity index (χ3n) is 3.43. The minimum atomic E-state index is 0.260. The van der Waals surface area contributed by atoms with Gasteiger partial charge >= 0.3 is 6.01 Å². The lowest BCUT2D eigenvalue weighted by atomic mass is 10.3. The average molecular weight is 352 g/mol. The number of pyridine rings is 1. The summed E-state index contributed by atoms with van der Waals surface area (Å²) in [6.45, 7) is 2.92. The lowest BCUT2D eigenvalue weighted by molar-refractivity contribution is 0.312. The highest BCUT2D eigenvalue weighted by Crippen LogP contribution is 2.20. The predicted molar refractivity (Wildman–Crippen MR) is 98.8 cm³/mol.